The summed E-state index contributed by atoms with van der Waals surface area (Å²) in [7, 11) is 0. The molecule has 4 aromatic rings. The lowest BCUT2D eigenvalue weighted by Gasteiger charge is -2.10. The van der Waals surface area contributed by atoms with Crippen LogP contribution in [0.5, 0.6) is 5.75 Å². The quantitative estimate of drug-likeness (QED) is 0.323. The largest absolute Gasteiger partial charge is 0.471 e. The molecular weight excluding hydrogens is 522 g/mol. The number of aromatic nitrogens is 4. The highest BCUT2D eigenvalue weighted by molar-refractivity contribution is 9.10. The molecule has 2 heterocycles. The Balaban J connectivity index is 1.37. The number of amides is 1. The van der Waals surface area contributed by atoms with Gasteiger partial charge in [-0.05, 0) is 46.3 Å². The zero-order valence-electron chi connectivity index (χ0n) is 17.3. The first-order valence-electron chi connectivity index (χ1n) is 9.80. The Labute approximate surface area is 199 Å². The normalized spacial score (nSPS) is 11.4. The number of benzene rings is 2. The Morgan fingerprint density at radius 3 is 2.62 bits per heavy atom. The van der Waals surface area contributed by atoms with Crippen molar-refractivity contribution in [2.75, 3.05) is 5.32 Å². The monoisotopic (exact) mass is 537 g/mol. The molecule has 0 fully saturated rings. The van der Waals surface area contributed by atoms with Crippen LogP contribution in [0.1, 0.15) is 21.6 Å². The SMILES string of the molecule is O=C(Nc1nn(Cc2ccccc2F)cc1Br)c1ccn(COc2cccc(C(F)(F)F)c2)n1. The van der Waals surface area contributed by atoms with Gasteiger partial charge in [-0.2, -0.15) is 23.4 Å². The number of carbonyl (C=O) groups is 1. The van der Waals surface area contributed by atoms with Crippen molar-refractivity contribution >= 4 is 27.7 Å². The fourth-order valence-electron chi connectivity index (χ4n) is 2.99. The van der Waals surface area contributed by atoms with Crippen LogP contribution >= 0.6 is 15.9 Å². The van der Waals surface area contributed by atoms with Gasteiger partial charge in [0, 0.05) is 18.0 Å². The van der Waals surface area contributed by atoms with E-state index in [1.807, 2.05) is 0 Å². The average molecular weight is 538 g/mol. The molecule has 0 aliphatic rings. The second-order valence-electron chi connectivity index (χ2n) is 7.11. The van der Waals surface area contributed by atoms with Crippen LogP contribution in [0.3, 0.4) is 0 Å². The highest BCUT2D eigenvalue weighted by atomic mass is 79.9. The summed E-state index contributed by atoms with van der Waals surface area (Å²) in [6.45, 7) is -0.0296. The van der Waals surface area contributed by atoms with Gasteiger partial charge in [0.1, 0.15) is 11.6 Å². The zero-order chi connectivity index (χ0) is 24.3. The molecule has 12 heteroatoms. The van der Waals surface area contributed by atoms with Crippen LogP contribution in [0.4, 0.5) is 23.4 Å². The highest BCUT2D eigenvalue weighted by Crippen LogP contribution is 2.31. The van der Waals surface area contributed by atoms with Crippen molar-refractivity contribution in [1.82, 2.24) is 19.6 Å². The number of nitrogens with zero attached hydrogens (tertiary/aromatic N) is 4. The van der Waals surface area contributed by atoms with Gasteiger partial charge in [0.05, 0.1) is 16.6 Å². The van der Waals surface area contributed by atoms with Crippen molar-refractivity contribution < 1.29 is 27.1 Å². The number of rotatable bonds is 7. The van der Waals surface area contributed by atoms with E-state index in [1.165, 1.54) is 39.8 Å². The number of nitrogens with one attached hydrogen (secondary N) is 1. The first kappa shape index (κ1) is 23.5. The van der Waals surface area contributed by atoms with Crippen LogP contribution in [0.2, 0.25) is 0 Å². The minimum atomic E-state index is -4.48. The number of hydrogen-bond acceptors (Lipinski definition) is 4. The van der Waals surface area contributed by atoms with E-state index in [1.54, 1.807) is 24.4 Å². The van der Waals surface area contributed by atoms with Gasteiger partial charge in [-0.25, -0.2) is 9.07 Å². The van der Waals surface area contributed by atoms with Crippen LogP contribution in [0, 0.1) is 5.82 Å². The first-order valence-corrected chi connectivity index (χ1v) is 10.6. The fraction of sp³-hybridized carbons (Fsp3) is 0.136. The third-order valence-corrected chi connectivity index (χ3v) is 5.22. The number of hydrogen-bond donors (Lipinski definition) is 1. The molecular formula is C22H16BrF4N5O2. The molecule has 4 rings (SSSR count). The number of alkyl halides is 3. The minimum absolute atomic E-state index is 0.0145. The first-order chi connectivity index (χ1) is 16.2. The Morgan fingerprint density at radius 1 is 1.06 bits per heavy atom. The fourth-order valence-corrected chi connectivity index (χ4v) is 3.41. The molecule has 0 radical (unpaired) electrons. The van der Waals surface area contributed by atoms with Crippen molar-refractivity contribution in [3.8, 4) is 5.75 Å². The molecule has 176 valence electrons. The van der Waals surface area contributed by atoms with E-state index in [9.17, 15) is 22.4 Å². The van der Waals surface area contributed by atoms with Crippen LogP contribution in [0.15, 0.2) is 71.5 Å². The molecule has 0 bridgehead atoms. The van der Waals surface area contributed by atoms with Crippen LogP contribution in [-0.4, -0.2) is 25.5 Å². The summed E-state index contributed by atoms with van der Waals surface area (Å²) < 4.78 is 60.9. The van der Waals surface area contributed by atoms with Gasteiger partial charge in [0.25, 0.3) is 5.91 Å². The standard InChI is InChI=1S/C22H16BrF4N5O2/c23-17-12-32(11-14-4-1-2-7-18(14)24)30-20(17)28-21(33)19-8-9-31(29-19)13-34-16-6-3-5-15(10-16)22(25,26)27/h1-10,12H,11,13H2,(H,28,30,33). The van der Waals surface area contributed by atoms with E-state index in [0.29, 0.717) is 10.0 Å². The summed E-state index contributed by atoms with van der Waals surface area (Å²) in [4.78, 5) is 12.5. The number of carbonyl (C=O) groups excluding carboxylic acids is 1. The molecule has 0 atom stereocenters. The van der Waals surface area contributed by atoms with Crippen molar-refractivity contribution in [1.29, 1.82) is 0 Å². The second kappa shape index (κ2) is 9.67. The topological polar surface area (TPSA) is 74.0 Å². The predicted molar refractivity (Wildman–Crippen MR) is 118 cm³/mol. The number of halogens is 5. The second-order valence-corrected chi connectivity index (χ2v) is 7.96. The van der Waals surface area contributed by atoms with Crippen LogP contribution in [0.25, 0.3) is 0 Å². The van der Waals surface area contributed by atoms with E-state index >= 15 is 0 Å². The molecule has 34 heavy (non-hydrogen) atoms. The van der Waals surface area contributed by atoms with Gasteiger partial charge in [-0.3, -0.25) is 9.48 Å². The van der Waals surface area contributed by atoms with Crippen LogP contribution < -0.4 is 10.1 Å². The van der Waals surface area contributed by atoms with Gasteiger partial charge in [0.2, 0.25) is 0 Å². The third-order valence-electron chi connectivity index (χ3n) is 4.64. The Kier molecular flexibility index (Phi) is 6.68. The van der Waals surface area contributed by atoms with Gasteiger partial charge in [-0.1, -0.05) is 24.3 Å². The lowest BCUT2D eigenvalue weighted by atomic mass is 10.2. The van der Waals surface area contributed by atoms with Gasteiger partial charge in [0.15, 0.2) is 18.2 Å². The summed E-state index contributed by atoms with van der Waals surface area (Å²) in [5, 5.41) is 10.9. The van der Waals surface area contributed by atoms with Gasteiger partial charge in [-0.15, -0.1) is 0 Å². The summed E-state index contributed by atoms with van der Waals surface area (Å²) >= 11 is 3.31. The summed E-state index contributed by atoms with van der Waals surface area (Å²) in [5.74, 6) is -0.691. The van der Waals surface area contributed by atoms with Crippen LogP contribution in [-0.2, 0) is 19.5 Å². The zero-order valence-corrected chi connectivity index (χ0v) is 18.8. The molecule has 0 aliphatic carbocycles. The maximum atomic E-state index is 13.9. The Bertz CT molecular complexity index is 1320. The molecule has 0 aliphatic heterocycles. The molecule has 2 aromatic heterocycles. The van der Waals surface area contributed by atoms with E-state index in [-0.39, 0.29) is 36.4 Å². The summed E-state index contributed by atoms with van der Waals surface area (Å²) in [6.07, 6.45) is -1.43. The lowest BCUT2D eigenvalue weighted by molar-refractivity contribution is -0.137. The van der Waals surface area contributed by atoms with Gasteiger partial charge >= 0.3 is 6.18 Å². The molecule has 1 N–H and O–H groups in total. The average Bonchev–Trinajstić information content (AvgIpc) is 3.40. The highest BCUT2D eigenvalue weighted by Gasteiger charge is 2.30. The van der Waals surface area contributed by atoms with Crippen molar-refractivity contribution in [2.24, 2.45) is 0 Å². The minimum Gasteiger partial charge on any atom is -0.471 e. The van der Waals surface area contributed by atoms with Crippen molar-refractivity contribution in [3.63, 3.8) is 0 Å². The van der Waals surface area contributed by atoms with Crippen molar-refractivity contribution in [3.05, 3.63) is 94.1 Å². The summed E-state index contributed by atoms with van der Waals surface area (Å²) in [5.41, 5.74) is -0.344. The smallest absolute Gasteiger partial charge is 0.416 e. The predicted octanol–water partition coefficient (Wildman–Crippen LogP) is 5.34. The van der Waals surface area contributed by atoms with Crippen molar-refractivity contribution in [2.45, 2.75) is 19.5 Å². The molecule has 0 spiro atoms. The number of anilines is 1. The molecule has 7 nitrogen and oxygen atoms in total. The summed E-state index contributed by atoms with van der Waals surface area (Å²) in [6, 6.07) is 12.2. The maximum absolute atomic E-state index is 13.9. The van der Waals surface area contributed by atoms with E-state index in [4.69, 9.17) is 4.74 Å². The molecule has 1 amide bonds. The molecule has 0 unspecified atom stereocenters. The number of ether oxygens (including phenoxy) is 1. The van der Waals surface area contributed by atoms with E-state index in [2.05, 4.69) is 31.4 Å². The maximum Gasteiger partial charge on any atom is 0.416 e. The van der Waals surface area contributed by atoms with Gasteiger partial charge < -0.3 is 10.1 Å². The third kappa shape index (κ3) is 5.63. The van der Waals surface area contributed by atoms with E-state index in [0.717, 1.165) is 12.1 Å². The molecule has 2 aromatic carbocycles. The molecule has 0 saturated carbocycles. The lowest BCUT2D eigenvalue weighted by Crippen LogP contribution is -2.15. The van der Waals surface area contributed by atoms with E-state index < -0.39 is 17.6 Å². The Morgan fingerprint density at radius 2 is 1.85 bits per heavy atom. The molecule has 0 saturated heterocycles. The Hall–Kier alpha value is -3.67.